The van der Waals surface area contributed by atoms with Crippen molar-refractivity contribution in [1.82, 2.24) is 0 Å². The quantitative estimate of drug-likeness (QED) is 0.155. The van der Waals surface area contributed by atoms with Gasteiger partial charge in [0, 0.05) is 10.7 Å². The van der Waals surface area contributed by atoms with Gasteiger partial charge in [-0.05, 0) is 79.9 Å². The molecular weight excluding hydrogens is 761 g/mol. The van der Waals surface area contributed by atoms with Gasteiger partial charge in [0.15, 0.2) is 11.6 Å². The molecule has 2 aromatic rings. The molecule has 148 valence electrons. The molecule has 2 rings (SSSR count). The lowest BCUT2D eigenvalue weighted by Gasteiger charge is -2.15. The third kappa shape index (κ3) is 4.61. The Morgan fingerprint density at radius 1 is 0.852 bits per heavy atom. The van der Waals surface area contributed by atoms with Crippen molar-refractivity contribution < 1.29 is 43.1 Å². The van der Waals surface area contributed by atoms with Crippen molar-refractivity contribution in [3.05, 3.63) is 46.1 Å². The van der Waals surface area contributed by atoms with Gasteiger partial charge in [0.05, 0.1) is 0 Å². The largest absolute Gasteiger partial charge is 0.744 e. The lowest BCUT2D eigenvalue weighted by atomic mass is 10.3. The highest BCUT2D eigenvalue weighted by Gasteiger charge is 2.33. The lowest BCUT2D eigenvalue weighted by Crippen LogP contribution is -2.17. The molecule has 0 spiro atoms. The second kappa shape index (κ2) is 8.03. The van der Waals surface area contributed by atoms with E-state index in [4.69, 9.17) is 0 Å². The smallest absolute Gasteiger partial charge is 0.340 e. The van der Waals surface area contributed by atoms with E-state index in [0.29, 0.717) is 7.14 Å². The molecule has 15 heteroatoms. The van der Waals surface area contributed by atoms with Crippen molar-refractivity contribution in [3.8, 4) is 5.75 Å². The third-order valence-electron chi connectivity index (χ3n) is 2.85. The molecule has 0 saturated heterocycles. The van der Waals surface area contributed by atoms with Crippen LogP contribution in [0.1, 0.15) is 0 Å². The van der Waals surface area contributed by atoms with Crippen LogP contribution in [0, 0.1) is 34.0 Å². The van der Waals surface area contributed by atoms with Gasteiger partial charge in [-0.15, -0.1) is 0 Å². The van der Waals surface area contributed by atoms with E-state index < -0.39 is 59.0 Å². The zero-order valence-corrected chi connectivity index (χ0v) is 20.2. The summed E-state index contributed by atoms with van der Waals surface area (Å²) in [5, 5.41) is 0. The monoisotopic (exact) mass is 763 g/mol. The Labute approximate surface area is 191 Å². The molecule has 0 radical (unpaired) electrons. The molecular formula is C12H2F4I3O6S2-. The minimum absolute atomic E-state index is 0.106. The highest BCUT2D eigenvalue weighted by atomic mass is 127. The van der Waals surface area contributed by atoms with Crippen molar-refractivity contribution in [2.45, 2.75) is 9.79 Å². The van der Waals surface area contributed by atoms with E-state index in [2.05, 4.69) is 4.18 Å². The summed E-state index contributed by atoms with van der Waals surface area (Å²) in [5.74, 6) is -12.2. The standard InChI is InChI=1S/C12H3F4I3O6S2/c13-6-8(15)12(26(20,21)22)9(16)7(14)11(6)25-27(23,24)5-2-3(17)1-4(18)10(5)19/h1-2H,(H,20,21,22)/p-1. The fraction of sp³-hybridized carbons (Fsp3) is 0. The molecule has 0 aliphatic carbocycles. The van der Waals surface area contributed by atoms with Crippen LogP contribution in [0.3, 0.4) is 0 Å². The molecule has 0 heterocycles. The molecule has 0 bridgehead atoms. The summed E-state index contributed by atoms with van der Waals surface area (Å²) in [4.78, 5) is -2.96. The average Bonchev–Trinajstić information content (AvgIpc) is 2.51. The van der Waals surface area contributed by atoms with Gasteiger partial charge in [-0.2, -0.15) is 17.2 Å². The number of hydrogen-bond donors (Lipinski definition) is 0. The first-order chi connectivity index (χ1) is 12.2. The average molecular weight is 763 g/mol. The Kier molecular flexibility index (Phi) is 6.93. The SMILES string of the molecule is O=S(=O)([O-])c1c(F)c(F)c(OS(=O)(=O)c2cc(I)cc(I)c2I)c(F)c1F. The van der Waals surface area contributed by atoms with E-state index in [0.717, 1.165) is 6.07 Å². The summed E-state index contributed by atoms with van der Waals surface area (Å²) in [6.45, 7) is 0. The fourth-order valence-electron chi connectivity index (χ4n) is 1.75. The maximum Gasteiger partial charge on any atom is 0.340 e. The molecule has 0 fully saturated rings. The summed E-state index contributed by atoms with van der Waals surface area (Å²) >= 11 is 5.15. The van der Waals surface area contributed by atoms with Crippen LogP contribution in [0.15, 0.2) is 21.9 Å². The second-order valence-electron chi connectivity index (χ2n) is 4.61. The van der Waals surface area contributed by atoms with Crippen LogP contribution in [0.5, 0.6) is 5.75 Å². The first-order valence-corrected chi connectivity index (χ1v) is 12.1. The molecule has 0 aliphatic rings. The minimum atomic E-state index is -5.93. The van der Waals surface area contributed by atoms with Crippen molar-refractivity contribution in [2.75, 3.05) is 0 Å². The summed E-state index contributed by atoms with van der Waals surface area (Å²) in [5.41, 5.74) is 0. The lowest BCUT2D eigenvalue weighted by molar-refractivity contribution is 0.363. The Bertz CT molecular complexity index is 1140. The molecule has 6 nitrogen and oxygen atoms in total. The number of benzene rings is 2. The van der Waals surface area contributed by atoms with E-state index in [1.807, 2.05) is 0 Å². The molecule has 0 saturated carbocycles. The fourth-order valence-corrected chi connectivity index (χ4v) is 6.79. The van der Waals surface area contributed by atoms with Crippen LogP contribution >= 0.6 is 67.8 Å². The zero-order chi connectivity index (χ0) is 20.9. The molecule has 2 aromatic carbocycles. The third-order valence-corrected chi connectivity index (χ3v) is 8.99. The van der Waals surface area contributed by atoms with Gasteiger partial charge in [0.25, 0.3) is 0 Å². The van der Waals surface area contributed by atoms with Gasteiger partial charge in [-0.3, -0.25) is 0 Å². The van der Waals surface area contributed by atoms with Crippen LogP contribution in [0.4, 0.5) is 17.6 Å². The Balaban J connectivity index is 2.72. The highest BCUT2D eigenvalue weighted by molar-refractivity contribution is 14.1. The van der Waals surface area contributed by atoms with E-state index >= 15 is 0 Å². The number of rotatable bonds is 4. The van der Waals surface area contributed by atoms with Crippen LogP contribution in [-0.4, -0.2) is 21.4 Å². The Morgan fingerprint density at radius 2 is 1.33 bits per heavy atom. The maximum atomic E-state index is 14.0. The van der Waals surface area contributed by atoms with Crippen molar-refractivity contribution >= 4 is 88.0 Å². The van der Waals surface area contributed by atoms with Crippen molar-refractivity contribution in [1.29, 1.82) is 0 Å². The predicted octanol–water partition coefficient (Wildman–Crippen LogP) is 3.73. The zero-order valence-electron chi connectivity index (χ0n) is 12.1. The summed E-state index contributed by atoms with van der Waals surface area (Å²) in [7, 11) is -10.9. The molecule has 27 heavy (non-hydrogen) atoms. The van der Waals surface area contributed by atoms with Crippen LogP contribution in [0.25, 0.3) is 0 Å². The van der Waals surface area contributed by atoms with Crippen molar-refractivity contribution in [2.24, 2.45) is 0 Å². The first-order valence-electron chi connectivity index (χ1n) is 6.09. The Morgan fingerprint density at radius 3 is 1.78 bits per heavy atom. The van der Waals surface area contributed by atoms with Crippen LogP contribution < -0.4 is 4.18 Å². The van der Waals surface area contributed by atoms with E-state index in [1.165, 1.54) is 0 Å². The first kappa shape index (κ1) is 23.3. The molecule has 0 N–H and O–H groups in total. The molecule has 0 aliphatic heterocycles. The molecule has 0 amide bonds. The normalized spacial score (nSPS) is 12.3. The topological polar surface area (TPSA) is 101 Å². The number of hydrogen-bond acceptors (Lipinski definition) is 6. The van der Waals surface area contributed by atoms with E-state index in [9.17, 15) is 39.0 Å². The molecule has 0 unspecified atom stereocenters. The van der Waals surface area contributed by atoms with E-state index in [1.54, 1.807) is 73.8 Å². The van der Waals surface area contributed by atoms with Crippen LogP contribution in [-0.2, 0) is 20.2 Å². The summed E-state index contributed by atoms with van der Waals surface area (Å²) in [6.07, 6.45) is 0. The maximum absolute atomic E-state index is 14.0. The predicted molar refractivity (Wildman–Crippen MR) is 107 cm³/mol. The molecule has 0 aromatic heterocycles. The number of halogens is 7. The van der Waals surface area contributed by atoms with Gasteiger partial charge in [0.1, 0.15) is 19.9 Å². The van der Waals surface area contributed by atoms with Gasteiger partial charge < -0.3 is 8.74 Å². The summed E-state index contributed by atoms with van der Waals surface area (Å²) in [6, 6.07) is 2.66. The Hall–Kier alpha value is 0.01000. The summed E-state index contributed by atoms with van der Waals surface area (Å²) < 4.78 is 118. The van der Waals surface area contributed by atoms with Gasteiger partial charge in [-0.25, -0.2) is 17.2 Å². The minimum Gasteiger partial charge on any atom is -0.744 e. The highest BCUT2D eigenvalue weighted by Crippen LogP contribution is 2.35. The van der Waals surface area contributed by atoms with Gasteiger partial charge in [0.2, 0.25) is 17.4 Å². The van der Waals surface area contributed by atoms with Gasteiger partial charge >= 0.3 is 10.1 Å². The van der Waals surface area contributed by atoms with Gasteiger partial charge in [-0.1, -0.05) is 0 Å². The van der Waals surface area contributed by atoms with E-state index in [-0.39, 0.29) is 3.57 Å². The van der Waals surface area contributed by atoms with Crippen LogP contribution in [0.2, 0.25) is 0 Å². The second-order valence-corrected chi connectivity index (χ2v) is 10.9. The molecule has 0 atom stereocenters. The van der Waals surface area contributed by atoms with Crippen molar-refractivity contribution in [3.63, 3.8) is 0 Å².